The summed E-state index contributed by atoms with van der Waals surface area (Å²) >= 11 is 1.67. The molecule has 1 atom stereocenters. The van der Waals surface area contributed by atoms with E-state index >= 15 is 0 Å². The minimum absolute atomic E-state index is 0.112. The summed E-state index contributed by atoms with van der Waals surface area (Å²) in [6.07, 6.45) is 5.84. The Labute approximate surface area is 165 Å². The molecule has 0 bridgehead atoms. The first-order chi connectivity index (χ1) is 13.2. The van der Waals surface area contributed by atoms with Crippen molar-refractivity contribution in [2.75, 3.05) is 31.6 Å². The second kappa shape index (κ2) is 7.89. The molecule has 5 nitrogen and oxygen atoms in total. The van der Waals surface area contributed by atoms with E-state index < -0.39 is 0 Å². The fourth-order valence-electron chi connectivity index (χ4n) is 4.05. The van der Waals surface area contributed by atoms with Gasteiger partial charge in [0.1, 0.15) is 5.75 Å². The smallest absolute Gasteiger partial charge is 0.254 e. The molecule has 0 aliphatic carbocycles. The average Bonchev–Trinajstić information content (AvgIpc) is 3.39. The van der Waals surface area contributed by atoms with Crippen LogP contribution >= 0.6 is 11.3 Å². The Balaban J connectivity index is 1.64. The van der Waals surface area contributed by atoms with Gasteiger partial charge in [0.25, 0.3) is 5.91 Å². The van der Waals surface area contributed by atoms with E-state index in [-0.39, 0.29) is 5.91 Å². The molecule has 0 spiro atoms. The summed E-state index contributed by atoms with van der Waals surface area (Å²) in [5.41, 5.74) is 2.50. The van der Waals surface area contributed by atoms with E-state index in [0.29, 0.717) is 6.04 Å². The van der Waals surface area contributed by atoms with Gasteiger partial charge in [-0.1, -0.05) is 0 Å². The number of ether oxygens (including phenoxy) is 1. The maximum Gasteiger partial charge on any atom is 0.254 e. The van der Waals surface area contributed by atoms with Crippen LogP contribution in [0.25, 0.3) is 11.3 Å². The molecule has 0 N–H and O–H groups in total. The van der Waals surface area contributed by atoms with E-state index in [1.54, 1.807) is 18.4 Å². The van der Waals surface area contributed by atoms with Gasteiger partial charge in [-0.25, -0.2) is 4.98 Å². The van der Waals surface area contributed by atoms with Gasteiger partial charge >= 0.3 is 0 Å². The molecule has 1 unspecified atom stereocenters. The highest BCUT2D eigenvalue weighted by Crippen LogP contribution is 2.35. The predicted octanol–water partition coefficient (Wildman–Crippen LogP) is 4.43. The third kappa shape index (κ3) is 3.68. The summed E-state index contributed by atoms with van der Waals surface area (Å²) < 4.78 is 5.56. The number of benzene rings is 1. The molecule has 4 rings (SSSR count). The highest BCUT2D eigenvalue weighted by Gasteiger charge is 2.25. The monoisotopic (exact) mass is 385 g/mol. The summed E-state index contributed by atoms with van der Waals surface area (Å²) in [4.78, 5) is 22.2. The van der Waals surface area contributed by atoms with Crippen LogP contribution in [0.5, 0.6) is 5.75 Å². The molecule has 2 aliphatic heterocycles. The van der Waals surface area contributed by atoms with Crippen LogP contribution in [0, 0.1) is 0 Å². The molecule has 3 heterocycles. The maximum atomic E-state index is 13.1. The molecular formula is C21H27N3O2S. The quantitative estimate of drug-likeness (QED) is 0.781. The lowest BCUT2D eigenvalue weighted by molar-refractivity contribution is 0.0635. The number of hydrogen-bond acceptors (Lipinski definition) is 5. The third-order valence-corrected chi connectivity index (χ3v) is 6.56. The number of anilines is 1. The standard InChI is InChI=1S/C21H27N3O2S/c1-15-7-3-4-12-24(15)20(25)16-8-9-19(26-2)17(13-16)18-14-27-21(22-18)23-10-5-6-11-23/h8-9,13-15H,3-7,10-12H2,1-2H3. The number of rotatable bonds is 4. The Bertz CT molecular complexity index is 814. The maximum absolute atomic E-state index is 13.1. The number of methoxy groups -OCH3 is 1. The van der Waals surface area contributed by atoms with Crippen LogP contribution in [0.3, 0.4) is 0 Å². The fourth-order valence-corrected chi connectivity index (χ4v) is 4.93. The van der Waals surface area contributed by atoms with Gasteiger partial charge in [0.2, 0.25) is 0 Å². The zero-order valence-corrected chi connectivity index (χ0v) is 16.9. The zero-order valence-electron chi connectivity index (χ0n) is 16.1. The van der Waals surface area contributed by atoms with Crippen LogP contribution in [0.1, 0.15) is 49.4 Å². The van der Waals surface area contributed by atoms with Crippen molar-refractivity contribution < 1.29 is 9.53 Å². The van der Waals surface area contributed by atoms with Crippen molar-refractivity contribution in [1.82, 2.24) is 9.88 Å². The molecule has 6 heteroatoms. The molecule has 2 saturated heterocycles. The molecule has 2 aromatic rings. The number of thiazole rings is 1. The normalized spacial score (nSPS) is 20.1. The summed E-state index contributed by atoms with van der Waals surface area (Å²) in [7, 11) is 1.67. The topological polar surface area (TPSA) is 45.7 Å². The number of piperidine rings is 1. The summed E-state index contributed by atoms with van der Waals surface area (Å²) in [6.45, 7) is 5.15. The number of likely N-dealkylation sites (tertiary alicyclic amines) is 1. The number of aromatic nitrogens is 1. The first-order valence-corrected chi connectivity index (χ1v) is 10.7. The van der Waals surface area contributed by atoms with E-state index in [1.807, 2.05) is 23.1 Å². The average molecular weight is 386 g/mol. The largest absolute Gasteiger partial charge is 0.496 e. The van der Waals surface area contributed by atoms with Gasteiger partial charge < -0.3 is 14.5 Å². The van der Waals surface area contributed by atoms with Crippen LogP contribution in [0.2, 0.25) is 0 Å². The van der Waals surface area contributed by atoms with Gasteiger partial charge in [0, 0.05) is 42.2 Å². The van der Waals surface area contributed by atoms with Gasteiger partial charge in [-0.05, 0) is 57.2 Å². The van der Waals surface area contributed by atoms with Crippen molar-refractivity contribution in [3.05, 3.63) is 29.1 Å². The number of amides is 1. The molecule has 2 aliphatic rings. The lowest BCUT2D eigenvalue weighted by atomic mass is 10.0. The molecule has 144 valence electrons. The van der Waals surface area contributed by atoms with Crippen molar-refractivity contribution in [1.29, 1.82) is 0 Å². The number of hydrogen-bond donors (Lipinski definition) is 0. The van der Waals surface area contributed by atoms with E-state index in [4.69, 9.17) is 9.72 Å². The minimum atomic E-state index is 0.112. The van der Waals surface area contributed by atoms with Gasteiger partial charge in [0.05, 0.1) is 12.8 Å². The summed E-state index contributed by atoms with van der Waals surface area (Å²) in [6, 6.07) is 6.02. The van der Waals surface area contributed by atoms with Crippen molar-refractivity contribution >= 4 is 22.4 Å². The molecule has 27 heavy (non-hydrogen) atoms. The van der Waals surface area contributed by atoms with Crippen molar-refractivity contribution in [2.45, 2.75) is 45.1 Å². The third-order valence-electron chi connectivity index (χ3n) is 5.65. The van der Waals surface area contributed by atoms with Crippen LogP contribution < -0.4 is 9.64 Å². The van der Waals surface area contributed by atoms with Gasteiger partial charge in [-0.2, -0.15) is 0 Å². The lowest BCUT2D eigenvalue weighted by Crippen LogP contribution is -2.42. The van der Waals surface area contributed by atoms with E-state index in [9.17, 15) is 4.79 Å². The highest BCUT2D eigenvalue weighted by molar-refractivity contribution is 7.14. The molecule has 1 aromatic heterocycles. The van der Waals surface area contributed by atoms with Crippen molar-refractivity contribution in [2.24, 2.45) is 0 Å². The molecule has 1 amide bonds. The Morgan fingerprint density at radius 3 is 2.70 bits per heavy atom. The molecule has 0 saturated carbocycles. The first kappa shape index (κ1) is 18.3. The van der Waals surface area contributed by atoms with Crippen molar-refractivity contribution in [3.8, 4) is 17.0 Å². The molecule has 1 aromatic carbocycles. The molecular weight excluding hydrogens is 358 g/mol. The van der Waals surface area contributed by atoms with E-state index in [0.717, 1.165) is 60.2 Å². The lowest BCUT2D eigenvalue weighted by Gasteiger charge is -2.33. The zero-order chi connectivity index (χ0) is 18.8. The van der Waals surface area contributed by atoms with Gasteiger partial charge in [-0.3, -0.25) is 4.79 Å². The van der Waals surface area contributed by atoms with Crippen molar-refractivity contribution in [3.63, 3.8) is 0 Å². The summed E-state index contributed by atoms with van der Waals surface area (Å²) in [5, 5.41) is 3.13. The first-order valence-electron chi connectivity index (χ1n) is 9.87. The number of nitrogens with zero attached hydrogens (tertiary/aromatic N) is 3. The fraction of sp³-hybridized carbons (Fsp3) is 0.524. The molecule has 2 fully saturated rings. The van der Waals surface area contributed by atoms with Crippen LogP contribution in [-0.4, -0.2) is 48.6 Å². The van der Waals surface area contributed by atoms with E-state index in [2.05, 4.69) is 17.2 Å². The Morgan fingerprint density at radius 2 is 1.96 bits per heavy atom. The summed E-state index contributed by atoms with van der Waals surface area (Å²) in [5.74, 6) is 0.873. The SMILES string of the molecule is COc1ccc(C(=O)N2CCCCC2C)cc1-c1csc(N2CCCC2)n1. The van der Waals surface area contributed by atoms with Crippen LogP contribution in [0.15, 0.2) is 23.6 Å². The highest BCUT2D eigenvalue weighted by atomic mass is 32.1. The second-order valence-electron chi connectivity index (χ2n) is 7.47. The van der Waals surface area contributed by atoms with Crippen LogP contribution in [0.4, 0.5) is 5.13 Å². The molecule has 0 radical (unpaired) electrons. The predicted molar refractivity (Wildman–Crippen MR) is 110 cm³/mol. The number of carbonyl (C=O) groups is 1. The Kier molecular flexibility index (Phi) is 5.34. The Hall–Kier alpha value is -2.08. The second-order valence-corrected chi connectivity index (χ2v) is 8.30. The Morgan fingerprint density at radius 1 is 1.19 bits per heavy atom. The van der Waals surface area contributed by atoms with E-state index in [1.165, 1.54) is 19.3 Å². The van der Waals surface area contributed by atoms with Gasteiger partial charge in [-0.15, -0.1) is 11.3 Å². The van der Waals surface area contributed by atoms with Crippen LogP contribution in [-0.2, 0) is 0 Å². The van der Waals surface area contributed by atoms with Gasteiger partial charge in [0.15, 0.2) is 5.13 Å². The number of carbonyl (C=O) groups excluding carboxylic acids is 1. The minimum Gasteiger partial charge on any atom is -0.496 e.